The molecule has 5 aliphatic carbocycles. The molecule has 2 nitrogen and oxygen atoms in total. The maximum absolute atomic E-state index is 6.28. The molecule has 4 saturated carbocycles. The summed E-state index contributed by atoms with van der Waals surface area (Å²) in [6, 6.07) is 60.8. The van der Waals surface area contributed by atoms with Gasteiger partial charge in [0, 0.05) is 33.1 Å². The van der Waals surface area contributed by atoms with Crippen molar-refractivity contribution in [2.75, 3.05) is 4.90 Å². The van der Waals surface area contributed by atoms with E-state index in [2.05, 4.69) is 157 Å². The molecule has 1 spiro atoms. The number of hydrogen-bond donors (Lipinski definition) is 0. The number of anilines is 3. The first kappa shape index (κ1) is 30.6. The third kappa shape index (κ3) is 4.34. The van der Waals surface area contributed by atoms with Gasteiger partial charge in [-0.2, -0.15) is 0 Å². The van der Waals surface area contributed by atoms with E-state index in [1.54, 1.807) is 11.1 Å². The highest BCUT2D eigenvalue weighted by atomic mass is 16.3. The number of furan rings is 1. The molecule has 1 aromatic heterocycles. The Bertz CT molecular complexity index is 2710. The zero-order valence-electron chi connectivity index (χ0n) is 30.3. The average Bonchev–Trinajstić information content (AvgIpc) is 3.74. The third-order valence-electron chi connectivity index (χ3n) is 13.9. The molecule has 7 aromatic carbocycles. The topological polar surface area (TPSA) is 16.4 Å². The lowest BCUT2D eigenvalue weighted by molar-refractivity contribution is -0.0399. The second-order valence-corrected chi connectivity index (χ2v) is 16.5. The highest BCUT2D eigenvalue weighted by Crippen LogP contribution is 2.69. The molecule has 260 valence electrons. The summed E-state index contributed by atoms with van der Waals surface area (Å²) < 4.78 is 6.28. The van der Waals surface area contributed by atoms with Gasteiger partial charge in [-0.15, -0.1) is 0 Å². The summed E-state index contributed by atoms with van der Waals surface area (Å²) >= 11 is 0. The minimum atomic E-state index is 0.110. The second-order valence-electron chi connectivity index (χ2n) is 16.5. The van der Waals surface area contributed by atoms with Crippen LogP contribution in [-0.4, -0.2) is 0 Å². The molecular formula is C52H41NO. The molecule has 4 fully saturated rings. The van der Waals surface area contributed by atoms with Crippen LogP contribution in [0.4, 0.5) is 17.1 Å². The van der Waals surface area contributed by atoms with Crippen LogP contribution < -0.4 is 4.90 Å². The highest BCUT2D eigenvalue weighted by Gasteiger charge is 2.61. The Morgan fingerprint density at radius 1 is 0.426 bits per heavy atom. The van der Waals surface area contributed by atoms with Crippen molar-refractivity contribution in [3.05, 3.63) is 175 Å². The Labute approximate surface area is 316 Å². The molecule has 0 unspecified atom stereocenters. The van der Waals surface area contributed by atoms with Crippen molar-refractivity contribution in [3.63, 3.8) is 0 Å². The van der Waals surface area contributed by atoms with Gasteiger partial charge in [-0.3, -0.25) is 0 Å². The fourth-order valence-corrected chi connectivity index (χ4v) is 11.9. The van der Waals surface area contributed by atoms with E-state index in [0.29, 0.717) is 0 Å². The van der Waals surface area contributed by atoms with E-state index >= 15 is 0 Å². The summed E-state index contributed by atoms with van der Waals surface area (Å²) in [5, 5.41) is 2.32. The van der Waals surface area contributed by atoms with Crippen molar-refractivity contribution in [2.24, 2.45) is 23.7 Å². The summed E-state index contributed by atoms with van der Waals surface area (Å²) in [5.41, 5.74) is 16.4. The van der Waals surface area contributed by atoms with Crippen LogP contribution in [0, 0.1) is 23.7 Å². The van der Waals surface area contributed by atoms with E-state index in [0.717, 1.165) is 56.9 Å². The molecule has 0 N–H and O–H groups in total. The number of fused-ring (bicyclic) bond motifs is 6. The number of nitrogens with zero attached hydrogens (tertiary/aromatic N) is 1. The highest BCUT2D eigenvalue weighted by molar-refractivity contribution is 6.06. The summed E-state index contributed by atoms with van der Waals surface area (Å²) in [7, 11) is 0. The molecule has 5 aliphatic rings. The molecule has 4 bridgehead atoms. The van der Waals surface area contributed by atoms with Gasteiger partial charge in [0.05, 0.1) is 5.69 Å². The van der Waals surface area contributed by atoms with Crippen molar-refractivity contribution in [3.8, 4) is 33.4 Å². The summed E-state index contributed by atoms with van der Waals surface area (Å²) in [6.45, 7) is 0. The number of rotatable bonds is 5. The molecule has 2 heteroatoms. The van der Waals surface area contributed by atoms with Crippen LogP contribution >= 0.6 is 0 Å². The maximum Gasteiger partial charge on any atom is 0.136 e. The molecule has 0 atom stereocenters. The van der Waals surface area contributed by atoms with E-state index in [1.165, 1.54) is 71.3 Å². The van der Waals surface area contributed by atoms with Gasteiger partial charge in [0.25, 0.3) is 0 Å². The quantitative estimate of drug-likeness (QED) is 0.178. The van der Waals surface area contributed by atoms with Crippen LogP contribution in [-0.2, 0) is 5.41 Å². The molecule has 8 aromatic rings. The van der Waals surface area contributed by atoms with Crippen LogP contribution in [0.25, 0.3) is 55.3 Å². The predicted octanol–water partition coefficient (Wildman–Crippen LogP) is 14.1. The van der Waals surface area contributed by atoms with Crippen LogP contribution in [0.3, 0.4) is 0 Å². The number of hydrogen-bond acceptors (Lipinski definition) is 2. The second kappa shape index (κ2) is 11.6. The van der Waals surface area contributed by atoms with Gasteiger partial charge in [-0.1, -0.05) is 115 Å². The Morgan fingerprint density at radius 3 is 1.87 bits per heavy atom. The summed E-state index contributed by atoms with van der Waals surface area (Å²) in [4.78, 5) is 2.52. The van der Waals surface area contributed by atoms with E-state index < -0.39 is 0 Å². The molecule has 54 heavy (non-hydrogen) atoms. The fraction of sp³-hybridized carbons (Fsp3) is 0.192. The molecule has 0 radical (unpaired) electrons. The van der Waals surface area contributed by atoms with Gasteiger partial charge < -0.3 is 9.32 Å². The lowest BCUT2D eigenvalue weighted by Crippen LogP contribution is -2.55. The van der Waals surface area contributed by atoms with Gasteiger partial charge in [-0.25, -0.2) is 0 Å². The Balaban J connectivity index is 1.02. The van der Waals surface area contributed by atoms with Gasteiger partial charge in [0.2, 0.25) is 0 Å². The number of para-hydroxylation sites is 2. The fourth-order valence-electron chi connectivity index (χ4n) is 11.9. The third-order valence-corrected chi connectivity index (χ3v) is 13.9. The van der Waals surface area contributed by atoms with Gasteiger partial charge in [-0.05, 0) is 143 Å². The van der Waals surface area contributed by atoms with Crippen molar-refractivity contribution < 1.29 is 4.42 Å². The van der Waals surface area contributed by atoms with Gasteiger partial charge >= 0.3 is 0 Å². The van der Waals surface area contributed by atoms with E-state index in [-0.39, 0.29) is 5.41 Å². The molecule has 0 saturated heterocycles. The Morgan fingerprint density at radius 2 is 1.06 bits per heavy atom. The van der Waals surface area contributed by atoms with Gasteiger partial charge in [0.15, 0.2) is 0 Å². The van der Waals surface area contributed by atoms with Crippen LogP contribution in [0.5, 0.6) is 0 Å². The lowest BCUT2D eigenvalue weighted by atomic mass is 9.43. The van der Waals surface area contributed by atoms with E-state index in [1.807, 2.05) is 12.1 Å². The number of benzene rings is 7. The van der Waals surface area contributed by atoms with Crippen molar-refractivity contribution >= 4 is 39.0 Å². The van der Waals surface area contributed by atoms with Crippen LogP contribution in [0.1, 0.15) is 43.2 Å². The first-order valence-corrected chi connectivity index (χ1v) is 19.9. The Hall–Kier alpha value is -5.86. The van der Waals surface area contributed by atoms with Gasteiger partial charge in [0.1, 0.15) is 11.2 Å². The maximum atomic E-state index is 6.28. The van der Waals surface area contributed by atoms with Crippen molar-refractivity contribution in [1.29, 1.82) is 0 Å². The molecular weight excluding hydrogens is 655 g/mol. The normalized spacial score (nSPS) is 23.3. The van der Waals surface area contributed by atoms with Crippen LogP contribution in [0.15, 0.2) is 168 Å². The monoisotopic (exact) mass is 695 g/mol. The van der Waals surface area contributed by atoms with Crippen LogP contribution in [0.2, 0.25) is 0 Å². The predicted molar refractivity (Wildman–Crippen MR) is 223 cm³/mol. The smallest absolute Gasteiger partial charge is 0.136 e. The first-order valence-electron chi connectivity index (χ1n) is 19.9. The van der Waals surface area contributed by atoms with E-state index in [4.69, 9.17) is 4.42 Å². The lowest BCUT2D eigenvalue weighted by Gasteiger charge is -2.61. The summed E-state index contributed by atoms with van der Waals surface area (Å²) in [6.07, 6.45) is 6.99. The SMILES string of the molecule is c1ccc(-c2ccccc2N(c2ccc(-c3ccc4c(c3)oc3ccccc34)cc2)c2ccc3c(c2)C2(c4ccccc4-3)C3CC4CC(C3)CC2C4)cc1. The summed E-state index contributed by atoms with van der Waals surface area (Å²) in [5.74, 6) is 3.27. The molecule has 0 aliphatic heterocycles. The molecule has 13 rings (SSSR count). The first-order chi connectivity index (χ1) is 26.7. The van der Waals surface area contributed by atoms with E-state index in [9.17, 15) is 0 Å². The van der Waals surface area contributed by atoms with Crippen molar-refractivity contribution in [2.45, 2.75) is 37.5 Å². The average molecular weight is 696 g/mol. The zero-order chi connectivity index (χ0) is 35.4. The van der Waals surface area contributed by atoms with Crippen molar-refractivity contribution in [1.82, 2.24) is 0 Å². The zero-order valence-corrected chi connectivity index (χ0v) is 30.3. The minimum absolute atomic E-state index is 0.110. The standard InChI is InChI=1S/C52H41NO/c1-2-10-36(11-3-1)42-12-5-8-16-49(42)53(40-21-18-35(19-22-40)37-20-24-46-45-14-6-9-17-50(45)54-51(46)31-37)41-23-25-44-43-13-4-7-15-47(43)52(48(44)32-41)38-27-33-26-34(29-38)30-39(52)28-33/h1-25,31-34,38-39H,26-30H2. The largest absolute Gasteiger partial charge is 0.456 e. The molecule has 1 heterocycles. The minimum Gasteiger partial charge on any atom is -0.456 e. The molecule has 0 amide bonds. The Kier molecular flexibility index (Phi) is 6.55.